The maximum Gasteiger partial charge on any atom is 0.262 e. The van der Waals surface area contributed by atoms with Crippen LogP contribution in [-0.4, -0.2) is 37.8 Å². The highest BCUT2D eigenvalue weighted by molar-refractivity contribution is 9.10. The lowest BCUT2D eigenvalue weighted by Gasteiger charge is -2.19. The van der Waals surface area contributed by atoms with E-state index in [9.17, 15) is 9.59 Å². The third kappa shape index (κ3) is 8.22. The van der Waals surface area contributed by atoms with Crippen molar-refractivity contribution in [2.75, 3.05) is 13.7 Å². The van der Waals surface area contributed by atoms with E-state index in [-0.39, 0.29) is 11.8 Å². The smallest absolute Gasteiger partial charge is 0.262 e. The molecule has 1 atom stereocenters. The van der Waals surface area contributed by atoms with Gasteiger partial charge in [-0.05, 0) is 70.2 Å². The molecule has 2 N–H and O–H groups in total. The van der Waals surface area contributed by atoms with Crippen LogP contribution >= 0.6 is 27.5 Å². The molecule has 1 unspecified atom stereocenters. The van der Waals surface area contributed by atoms with E-state index in [0.29, 0.717) is 45.1 Å². The SMILES string of the molecule is C=CCOc1c(Br)cc(/C=N/NC(=O)C(CC(C)C)NC(=O)c2ccc(Cl)cc2)cc1OC. The molecular weight excluding hydrogens is 510 g/mol. The van der Waals surface area contributed by atoms with Crippen molar-refractivity contribution in [3.05, 3.63) is 69.7 Å². The Bertz CT molecular complexity index is 1010. The lowest BCUT2D eigenvalue weighted by Crippen LogP contribution is -2.46. The minimum atomic E-state index is -0.749. The minimum absolute atomic E-state index is 0.179. The van der Waals surface area contributed by atoms with Crippen LogP contribution in [0.15, 0.2) is 58.6 Å². The summed E-state index contributed by atoms with van der Waals surface area (Å²) in [5, 5.41) is 7.34. The molecule has 0 saturated carbocycles. The van der Waals surface area contributed by atoms with Gasteiger partial charge in [-0.3, -0.25) is 9.59 Å². The Morgan fingerprint density at radius 2 is 1.94 bits per heavy atom. The second-order valence-corrected chi connectivity index (χ2v) is 8.82. The number of carbonyl (C=O) groups excluding carboxylic acids is 2. The van der Waals surface area contributed by atoms with Gasteiger partial charge >= 0.3 is 0 Å². The molecule has 2 amide bonds. The van der Waals surface area contributed by atoms with Crippen LogP contribution in [0.1, 0.15) is 36.2 Å². The van der Waals surface area contributed by atoms with Crippen molar-refractivity contribution in [1.82, 2.24) is 10.7 Å². The van der Waals surface area contributed by atoms with E-state index in [4.69, 9.17) is 21.1 Å². The van der Waals surface area contributed by atoms with E-state index in [1.807, 2.05) is 13.8 Å². The van der Waals surface area contributed by atoms with E-state index < -0.39 is 11.9 Å². The van der Waals surface area contributed by atoms with Crippen molar-refractivity contribution in [3.63, 3.8) is 0 Å². The molecule has 176 valence electrons. The summed E-state index contributed by atoms with van der Waals surface area (Å²) < 4.78 is 11.6. The third-order valence-corrected chi connectivity index (χ3v) is 5.26. The van der Waals surface area contributed by atoms with Crippen molar-refractivity contribution < 1.29 is 19.1 Å². The monoisotopic (exact) mass is 535 g/mol. The van der Waals surface area contributed by atoms with E-state index in [0.717, 1.165) is 0 Å². The van der Waals surface area contributed by atoms with Gasteiger partial charge in [-0.15, -0.1) is 0 Å². The number of hydrogen-bond acceptors (Lipinski definition) is 5. The van der Waals surface area contributed by atoms with Gasteiger partial charge in [-0.2, -0.15) is 5.10 Å². The fraction of sp³-hybridized carbons (Fsp3) is 0.292. The molecule has 2 aromatic carbocycles. The fourth-order valence-corrected chi connectivity index (χ4v) is 3.59. The van der Waals surface area contributed by atoms with Crippen LogP contribution < -0.4 is 20.2 Å². The first-order chi connectivity index (χ1) is 15.7. The summed E-state index contributed by atoms with van der Waals surface area (Å²) in [5.74, 6) is 0.449. The summed E-state index contributed by atoms with van der Waals surface area (Å²) in [6.45, 7) is 7.90. The molecule has 0 radical (unpaired) electrons. The zero-order chi connectivity index (χ0) is 24.4. The van der Waals surface area contributed by atoms with E-state index >= 15 is 0 Å². The molecule has 0 aliphatic carbocycles. The predicted molar refractivity (Wildman–Crippen MR) is 134 cm³/mol. The first kappa shape index (κ1) is 26.4. The number of rotatable bonds is 11. The first-order valence-corrected chi connectivity index (χ1v) is 11.4. The number of nitrogens with zero attached hydrogens (tertiary/aromatic N) is 1. The fourth-order valence-electron chi connectivity index (χ4n) is 2.89. The van der Waals surface area contributed by atoms with Crippen LogP contribution in [-0.2, 0) is 4.79 Å². The number of hydrazone groups is 1. The summed E-state index contributed by atoms with van der Waals surface area (Å²) in [6, 6.07) is 9.22. The van der Waals surface area contributed by atoms with Crippen molar-refractivity contribution in [3.8, 4) is 11.5 Å². The highest BCUT2D eigenvalue weighted by Crippen LogP contribution is 2.36. The van der Waals surface area contributed by atoms with E-state index in [1.165, 1.54) is 13.3 Å². The van der Waals surface area contributed by atoms with Crippen LogP contribution in [0.5, 0.6) is 11.5 Å². The zero-order valence-corrected chi connectivity index (χ0v) is 21.1. The Hall–Kier alpha value is -2.84. The summed E-state index contributed by atoms with van der Waals surface area (Å²) >= 11 is 9.33. The normalized spacial score (nSPS) is 11.8. The first-order valence-electron chi connectivity index (χ1n) is 10.3. The molecule has 2 aromatic rings. The molecule has 0 spiro atoms. The number of ether oxygens (including phenoxy) is 2. The number of nitrogens with one attached hydrogen (secondary N) is 2. The van der Waals surface area contributed by atoms with E-state index in [2.05, 4.69) is 38.4 Å². The second-order valence-electron chi connectivity index (χ2n) is 7.53. The second kappa shape index (κ2) is 13.0. The molecule has 0 aliphatic heterocycles. The largest absolute Gasteiger partial charge is 0.493 e. The molecule has 0 heterocycles. The molecule has 0 aromatic heterocycles. The van der Waals surface area contributed by atoms with Gasteiger partial charge in [0.2, 0.25) is 0 Å². The summed E-state index contributed by atoms with van der Waals surface area (Å²) in [4.78, 5) is 25.3. The Morgan fingerprint density at radius 1 is 1.24 bits per heavy atom. The van der Waals surface area contributed by atoms with Gasteiger partial charge in [0.05, 0.1) is 17.8 Å². The standard InChI is InChI=1S/C24H27BrClN3O4/c1-5-10-33-22-19(25)12-16(13-21(22)32-4)14-27-29-24(31)20(11-15(2)3)28-23(30)17-6-8-18(26)9-7-17/h5-9,12-15,20H,1,10-11H2,2-4H3,(H,28,30)(H,29,31)/b27-14+. The Kier molecular flexibility index (Phi) is 10.4. The van der Waals surface area contributed by atoms with Crippen molar-refractivity contribution >= 4 is 45.6 Å². The average molecular weight is 537 g/mol. The van der Waals surface area contributed by atoms with Crippen molar-refractivity contribution in [2.24, 2.45) is 11.0 Å². The Morgan fingerprint density at radius 3 is 2.55 bits per heavy atom. The van der Waals surface area contributed by atoms with Crippen molar-refractivity contribution in [2.45, 2.75) is 26.3 Å². The van der Waals surface area contributed by atoms with Gasteiger partial charge in [0.15, 0.2) is 11.5 Å². The van der Waals surface area contributed by atoms with Crippen molar-refractivity contribution in [1.29, 1.82) is 0 Å². The number of amides is 2. The van der Waals surface area contributed by atoms with Crippen LogP contribution in [0.3, 0.4) is 0 Å². The number of hydrogen-bond donors (Lipinski definition) is 2. The quantitative estimate of drug-likeness (QED) is 0.241. The summed E-state index contributed by atoms with van der Waals surface area (Å²) in [7, 11) is 1.53. The summed E-state index contributed by atoms with van der Waals surface area (Å²) in [6.07, 6.45) is 3.57. The number of carbonyl (C=O) groups is 2. The molecule has 0 saturated heterocycles. The Labute approximate surface area is 207 Å². The predicted octanol–water partition coefficient (Wildman–Crippen LogP) is 4.97. The third-order valence-electron chi connectivity index (χ3n) is 4.42. The molecule has 0 aliphatic rings. The highest BCUT2D eigenvalue weighted by atomic mass is 79.9. The van der Waals surface area contributed by atoms with Gasteiger partial charge < -0.3 is 14.8 Å². The van der Waals surface area contributed by atoms with Gasteiger partial charge in [-0.25, -0.2) is 5.43 Å². The molecular formula is C24H27BrClN3O4. The maximum absolute atomic E-state index is 12.7. The van der Waals surface area contributed by atoms with Gasteiger partial charge in [0.25, 0.3) is 11.8 Å². The topological polar surface area (TPSA) is 89.0 Å². The molecule has 9 heteroatoms. The van der Waals surface area contributed by atoms with Crippen LogP contribution in [0.4, 0.5) is 0 Å². The molecule has 0 fully saturated rings. The molecule has 33 heavy (non-hydrogen) atoms. The van der Waals surface area contributed by atoms with E-state index in [1.54, 1.807) is 42.5 Å². The van der Waals surface area contributed by atoms with Gasteiger partial charge in [-0.1, -0.05) is 38.1 Å². The van der Waals surface area contributed by atoms with Crippen LogP contribution in [0, 0.1) is 5.92 Å². The van der Waals surface area contributed by atoms with Crippen LogP contribution in [0.2, 0.25) is 5.02 Å². The van der Waals surface area contributed by atoms with Crippen LogP contribution in [0.25, 0.3) is 0 Å². The minimum Gasteiger partial charge on any atom is -0.493 e. The lowest BCUT2D eigenvalue weighted by molar-refractivity contribution is -0.123. The van der Waals surface area contributed by atoms with Gasteiger partial charge in [0, 0.05) is 10.6 Å². The number of halogens is 2. The maximum atomic E-state index is 12.7. The number of benzene rings is 2. The molecule has 0 bridgehead atoms. The molecule has 2 rings (SSSR count). The highest BCUT2D eigenvalue weighted by Gasteiger charge is 2.22. The molecule has 7 nitrogen and oxygen atoms in total. The summed E-state index contributed by atoms with van der Waals surface area (Å²) in [5.41, 5.74) is 3.60. The lowest BCUT2D eigenvalue weighted by atomic mass is 10.0. The number of methoxy groups -OCH3 is 1. The Balaban J connectivity index is 2.09. The average Bonchev–Trinajstić information content (AvgIpc) is 2.77. The van der Waals surface area contributed by atoms with Gasteiger partial charge in [0.1, 0.15) is 12.6 Å². The zero-order valence-electron chi connectivity index (χ0n) is 18.7.